The van der Waals surface area contributed by atoms with Crippen molar-refractivity contribution in [1.29, 1.82) is 0 Å². The molecule has 1 N–H and O–H groups in total. The van der Waals surface area contributed by atoms with E-state index in [4.69, 9.17) is 14.7 Å². The Morgan fingerprint density at radius 3 is 2.94 bits per heavy atom. The minimum absolute atomic E-state index is 0.0122. The zero-order chi connectivity index (χ0) is 22.2. The summed E-state index contributed by atoms with van der Waals surface area (Å²) < 4.78 is 5.65. The van der Waals surface area contributed by atoms with Crippen molar-refractivity contribution in [2.24, 2.45) is 5.92 Å². The predicted molar refractivity (Wildman–Crippen MR) is 124 cm³/mol. The molecule has 5 heterocycles. The largest absolute Gasteiger partial charge is 0.377 e. The summed E-state index contributed by atoms with van der Waals surface area (Å²) in [7, 11) is 0. The molecular formula is C24H30N6O2. The van der Waals surface area contributed by atoms with E-state index in [1.807, 2.05) is 37.1 Å². The third-order valence-electron chi connectivity index (χ3n) is 6.51. The molecule has 0 saturated carbocycles. The minimum Gasteiger partial charge on any atom is -0.377 e. The van der Waals surface area contributed by atoms with E-state index in [1.54, 1.807) is 6.20 Å². The number of nitrogens with one attached hydrogen (secondary N) is 1. The number of morpholine rings is 1. The zero-order valence-electron chi connectivity index (χ0n) is 18.9. The van der Waals surface area contributed by atoms with E-state index in [1.165, 1.54) is 0 Å². The quantitative estimate of drug-likeness (QED) is 0.678. The van der Waals surface area contributed by atoms with Crippen LogP contribution < -0.4 is 4.90 Å². The number of fused-ring (bicyclic) bond motifs is 1. The first kappa shape index (κ1) is 20.9. The minimum atomic E-state index is 0.0122. The van der Waals surface area contributed by atoms with Gasteiger partial charge in [0, 0.05) is 60.9 Å². The van der Waals surface area contributed by atoms with Crippen molar-refractivity contribution >= 4 is 22.8 Å². The van der Waals surface area contributed by atoms with Gasteiger partial charge in [0.25, 0.3) is 0 Å². The number of hydrogen-bond acceptors (Lipinski definition) is 6. The van der Waals surface area contributed by atoms with Crippen LogP contribution in [0.1, 0.15) is 38.8 Å². The average molecular weight is 435 g/mol. The van der Waals surface area contributed by atoms with E-state index < -0.39 is 0 Å². The van der Waals surface area contributed by atoms with Gasteiger partial charge in [-0.3, -0.25) is 4.79 Å². The van der Waals surface area contributed by atoms with Crippen molar-refractivity contribution in [3.05, 3.63) is 36.3 Å². The number of hydrogen-bond donors (Lipinski definition) is 1. The number of carbonyl (C=O) groups is 1. The van der Waals surface area contributed by atoms with Gasteiger partial charge in [0.15, 0.2) is 5.82 Å². The van der Waals surface area contributed by atoms with Crippen LogP contribution in [0.4, 0.5) is 5.82 Å². The number of aromatic nitrogens is 4. The Kier molecular flexibility index (Phi) is 5.55. The number of anilines is 1. The van der Waals surface area contributed by atoms with Gasteiger partial charge in [-0.05, 0) is 25.5 Å². The van der Waals surface area contributed by atoms with Gasteiger partial charge in [-0.25, -0.2) is 15.0 Å². The summed E-state index contributed by atoms with van der Waals surface area (Å²) in [5.74, 6) is 2.06. The maximum absolute atomic E-state index is 12.5. The van der Waals surface area contributed by atoms with E-state index in [0.29, 0.717) is 25.6 Å². The summed E-state index contributed by atoms with van der Waals surface area (Å²) in [6.07, 6.45) is 4.60. The summed E-state index contributed by atoms with van der Waals surface area (Å²) in [5, 5.41) is 1.01. The van der Waals surface area contributed by atoms with Gasteiger partial charge in [-0.1, -0.05) is 13.8 Å². The van der Waals surface area contributed by atoms with Crippen molar-refractivity contribution in [3.63, 3.8) is 0 Å². The topological polar surface area (TPSA) is 87.2 Å². The third kappa shape index (κ3) is 3.83. The average Bonchev–Trinajstić information content (AvgIpc) is 3.48. The summed E-state index contributed by atoms with van der Waals surface area (Å²) >= 11 is 0. The second kappa shape index (κ2) is 8.50. The first-order chi connectivity index (χ1) is 15.5. The molecule has 2 aliphatic rings. The first-order valence-corrected chi connectivity index (χ1v) is 11.5. The Morgan fingerprint density at radius 2 is 2.12 bits per heavy atom. The van der Waals surface area contributed by atoms with Gasteiger partial charge in [0.1, 0.15) is 11.5 Å². The summed E-state index contributed by atoms with van der Waals surface area (Å²) in [5.41, 5.74) is 2.80. The highest BCUT2D eigenvalue weighted by atomic mass is 16.5. The second-order valence-electron chi connectivity index (χ2n) is 9.11. The maximum atomic E-state index is 12.5. The predicted octanol–water partition coefficient (Wildman–Crippen LogP) is 3.22. The monoisotopic (exact) mass is 434 g/mol. The van der Waals surface area contributed by atoms with E-state index in [-0.39, 0.29) is 23.8 Å². The Balaban J connectivity index is 1.56. The molecule has 0 unspecified atom stereocenters. The number of rotatable bonds is 4. The van der Waals surface area contributed by atoms with Gasteiger partial charge in [0.05, 0.1) is 24.9 Å². The van der Waals surface area contributed by atoms with Crippen molar-refractivity contribution < 1.29 is 9.53 Å². The van der Waals surface area contributed by atoms with Crippen LogP contribution in [-0.4, -0.2) is 69.6 Å². The van der Waals surface area contributed by atoms with Crippen LogP contribution in [0.2, 0.25) is 0 Å². The van der Waals surface area contributed by atoms with E-state index in [9.17, 15) is 4.79 Å². The molecule has 1 amide bonds. The molecule has 32 heavy (non-hydrogen) atoms. The smallest absolute Gasteiger partial charge is 0.225 e. The van der Waals surface area contributed by atoms with Crippen LogP contribution >= 0.6 is 0 Å². The van der Waals surface area contributed by atoms with E-state index in [0.717, 1.165) is 47.6 Å². The van der Waals surface area contributed by atoms with Crippen LogP contribution in [-0.2, 0) is 9.53 Å². The molecule has 2 aliphatic heterocycles. The van der Waals surface area contributed by atoms with Crippen molar-refractivity contribution in [2.45, 2.75) is 39.2 Å². The molecule has 0 spiro atoms. The molecule has 0 radical (unpaired) electrons. The van der Waals surface area contributed by atoms with Gasteiger partial charge >= 0.3 is 0 Å². The molecule has 2 saturated heterocycles. The van der Waals surface area contributed by atoms with Crippen molar-refractivity contribution in [2.75, 3.05) is 37.7 Å². The summed E-state index contributed by atoms with van der Waals surface area (Å²) in [6.45, 7) is 9.75. The lowest BCUT2D eigenvalue weighted by atomic mass is 10.0. The molecule has 8 heteroatoms. The zero-order valence-corrected chi connectivity index (χ0v) is 18.9. The molecule has 2 fully saturated rings. The molecule has 5 rings (SSSR count). The molecule has 0 bridgehead atoms. The molecular weight excluding hydrogens is 404 g/mol. The maximum Gasteiger partial charge on any atom is 0.225 e. The lowest BCUT2D eigenvalue weighted by Gasteiger charge is -2.34. The van der Waals surface area contributed by atoms with Crippen LogP contribution in [0.15, 0.2) is 30.6 Å². The lowest BCUT2D eigenvalue weighted by Crippen LogP contribution is -2.44. The fourth-order valence-corrected chi connectivity index (χ4v) is 4.72. The van der Waals surface area contributed by atoms with Crippen molar-refractivity contribution in [1.82, 2.24) is 24.8 Å². The van der Waals surface area contributed by atoms with Gasteiger partial charge < -0.3 is 19.5 Å². The number of pyridine rings is 1. The Morgan fingerprint density at radius 1 is 1.25 bits per heavy atom. The second-order valence-corrected chi connectivity index (χ2v) is 9.11. The number of amides is 1. The third-order valence-corrected chi connectivity index (χ3v) is 6.51. The molecule has 0 aromatic carbocycles. The van der Waals surface area contributed by atoms with Gasteiger partial charge in [-0.15, -0.1) is 0 Å². The Hall–Kier alpha value is -3.00. The molecule has 3 aromatic rings. The molecule has 168 valence electrons. The highest BCUT2D eigenvalue weighted by Crippen LogP contribution is 2.33. The molecule has 3 aromatic heterocycles. The van der Waals surface area contributed by atoms with E-state index in [2.05, 4.69) is 27.9 Å². The fourth-order valence-electron chi connectivity index (χ4n) is 4.72. The number of carbonyl (C=O) groups excluding carboxylic acids is 1. The number of likely N-dealkylation sites (tertiary alicyclic amines) is 1. The summed E-state index contributed by atoms with van der Waals surface area (Å²) in [6, 6.07) is 6.36. The fraction of sp³-hybridized carbons (Fsp3) is 0.500. The highest BCUT2D eigenvalue weighted by molar-refractivity contribution is 5.91. The lowest BCUT2D eigenvalue weighted by molar-refractivity contribution is -0.133. The van der Waals surface area contributed by atoms with Crippen LogP contribution in [0, 0.1) is 5.92 Å². The number of H-pyrrole nitrogens is 1. The number of aromatic amines is 1. The Labute approximate surface area is 188 Å². The standard InChI is InChI=1S/C24H30N6O2/c1-15(2)24(31)29-9-6-17(13-29)20-12-21(30-10-11-32-14-16(30)3)28-23(27-20)19-5-8-26-22-18(19)4-7-25-22/h4-5,7-8,12,15-17H,6,9-11,13-14H2,1-3H3,(H,25,26)/t16-,17+/m1/s1. The number of nitrogens with zero attached hydrogens (tertiary/aromatic N) is 5. The molecule has 0 aliphatic carbocycles. The van der Waals surface area contributed by atoms with Crippen molar-refractivity contribution in [3.8, 4) is 11.4 Å². The van der Waals surface area contributed by atoms with Crippen LogP contribution in [0.5, 0.6) is 0 Å². The van der Waals surface area contributed by atoms with Gasteiger partial charge in [-0.2, -0.15) is 0 Å². The van der Waals surface area contributed by atoms with E-state index >= 15 is 0 Å². The SMILES string of the molecule is CC(C)C(=O)N1CC[C@H](c2cc(N3CCOC[C@H]3C)nc(-c3ccnc4[nH]ccc34)n2)C1. The van der Waals surface area contributed by atoms with Crippen LogP contribution in [0.25, 0.3) is 22.4 Å². The summed E-state index contributed by atoms with van der Waals surface area (Å²) in [4.78, 5) is 34.4. The van der Waals surface area contributed by atoms with Gasteiger partial charge in [0.2, 0.25) is 5.91 Å². The first-order valence-electron chi connectivity index (χ1n) is 11.5. The molecule has 8 nitrogen and oxygen atoms in total. The highest BCUT2D eigenvalue weighted by Gasteiger charge is 2.31. The number of ether oxygens (including phenoxy) is 1. The van der Waals surface area contributed by atoms with Crippen LogP contribution in [0.3, 0.4) is 0 Å². The normalized spacial score (nSPS) is 21.6. The molecule has 2 atom stereocenters. The Bertz CT molecular complexity index is 1130.